The van der Waals surface area contributed by atoms with E-state index in [0.717, 1.165) is 0 Å². The van der Waals surface area contributed by atoms with Crippen molar-refractivity contribution in [3.63, 3.8) is 0 Å². The Morgan fingerprint density at radius 1 is 1.26 bits per heavy atom. The Morgan fingerprint density at radius 3 is 2.32 bits per heavy atom. The number of primary amides is 1. The number of carbonyl (C=O) groups excluding carboxylic acids is 3. The fraction of sp³-hybridized carbons (Fsp3) is 0.600. The van der Waals surface area contributed by atoms with Gasteiger partial charge >= 0.3 is 5.97 Å². The molecule has 9 heteroatoms. The number of rotatable bonds is 8. The zero-order valence-corrected chi connectivity index (χ0v) is 10.5. The maximum Gasteiger partial charge on any atom is 0.325 e. The summed E-state index contributed by atoms with van der Waals surface area (Å²) in [4.78, 5) is 43.6. The SMILES string of the molecule is CC(NC(=O)CNC(=O)C(N)CCC(N)=O)C(=O)O. The molecule has 0 bridgehead atoms. The molecule has 0 aromatic rings. The highest BCUT2D eigenvalue weighted by Gasteiger charge is 2.17. The van der Waals surface area contributed by atoms with Crippen LogP contribution in [0.3, 0.4) is 0 Å². The van der Waals surface area contributed by atoms with E-state index in [1.54, 1.807) is 0 Å². The Bertz CT molecular complexity index is 371. The van der Waals surface area contributed by atoms with E-state index in [2.05, 4.69) is 10.6 Å². The molecule has 0 aromatic carbocycles. The van der Waals surface area contributed by atoms with Crippen molar-refractivity contribution in [2.24, 2.45) is 11.5 Å². The van der Waals surface area contributed by atoms with Crippen LogP contribution in [0.15, 0.2) is 0 Å². The van der Waals surface area contributed by atoms with E-state index in [9.17, 15) is 19.2 Å². The molecule has 108 valence electrons. The third-order valence-corrected chi connectivity index (χ3v) is 2.21. The summed E-state index contributed by atoms with van der Waals surface area (Å²) in [7, 11) is 0. The van der Waals surface area contributed by atoms with E-state index in [-0.39, 0.29) is 19.4 Å². The molecule has 9 nitrogen and oxygen atoms in total. The number of nitrogens with one attached hydrogen (secondary N) is 2. The Balaban J connectivity index is 3.98. The fourth-order valence-electron chi connectivity index (χ4n) is 1.08. The molecule has 3 amide bonds. The average Bonchev–Trinajstić information content (AvgIpc) is 2.32. The smallest absolute Gasteiger partial charge is 0.325 e. The van der Waals surface area contributed by atoms with Gasteiger partial charge in [0.05, 0.1) is 12.6 Å². The zero-order valence-electron chi connectivity index (χ0n) is 10.5. The van der Waals surface area contributed by atoms with Crippen LogP contribution in [0.4, 0.5) is 0 Å². The lowest BCUT2D eigenvalue weighted by atomic mass is 10.1. The Labute approximate surface area is 109 Å². The first kappa shape index (κ1) is 16.8. The summed E-state index contributed by atoms with van der Waals surface area (Å²) in [5.74, 6) is -3.01. The fourth-order valence-corrected chi connectivity index (χ4v) is 1.08. The Morgan fingerprint density at radius 2 is 1.84 bits per heavy atom. The van der Waals surface area contributed by atoms with E-state index in [1.807, 2.05) is 0 Å². The van der Waals surface area contributed by atoms with Crippen molar-refractivity contribution in [1.82, 2.24) is 10.6 Å². The maximum atomic E-state index is 11.4. The van der Waals surface area contributed by atoms with Crippen molar-refractivity contribution in [1.29, 1.82) is 0 Å². The highest BCUT2D eigenvalue weighted by Crippen LogP contribution is 1.93. The van der Waals surface area contributed by atoms with E-state index >= 15 is 0 Å². The van der Waals surface area contributed by atoms with Gasteiger partial charge in [-0.15, -0.1) is 0 Å². The van der Waals surface area contributed by atoms with Crippen LogP contribution in [0.1, 0.15) is 19.8 Å². The predicted molar refractivity (Wildman–Crippen MR) is 64.7 cm³/mol. The normalized spacial score (nSPS) is 13.2. The van der Waals surface area contributed by atoms with Crippen LogP contribution in [0.2, 0.25) is 0 Å². The molecule has 0 spiro atoms. The number of aliphatic carboxylic acids is 1. The van der Waals surface area contributed by atoms with E-state index in [1.165, 1.54) is 6.92 Å². The molecule has 0 fully saturated rings. The molecule has 0 saturated carbocycles. The molecule has 0 aliphatic heterocycles. The molecule has 0 radical (unpaired) electrons. The van der Waals surface area contributed by atoms with Gasteiger partial charge in [-0.2, -0.15) is 0 Å². The van der Waals surface area contributed by atoms with Crippen molar-refractivity contribution in [3.8, 4) is 0 Å². The largest absolute Gasteiger partial charge is 0.480 e. The van der Waals surface area contributed by atoms with Crippen LogP contribution in [-0.2, 0) is 19.2 Å². The van der Waals surface area contributed by atoms with Crippen molar-refractivity contribution in [2.75, 3.05) is 6.54 Å². The monoisotopic (exact) mass is 274 g/mol. The number of carboxylic acids is 1. The van der Waals surface area contributed by atoms with Gasteiger partial charge in [0.1, 0.15) is 6.04 Å². The van der Waals surface area contributed by atoms with Gasteiger partial charge in [0.15, 0.2) is 0 Å². The quantitative estimate of drug-likeness (QED) is 0.322. The highest BCUT2D eigenvalue weighted by atomic mass is 16.4. The van der Waals surface area contributed by atoms with Crippen LogP contribution in [0, 0.1) is 0 Å². The molecule has 0 saturated heterocycles. The van der Waals surface area contributed by atoms with Crippen LogP contribution in [-0.4, -0.2) is 47.4 Å². The van der Waals surface area contributed by atoms with Crippen LogP contribution < -0.4 is 22.1 Å². The third kappa shape index (κ3) is 7.71. The lowest BCUT2D eigenvalue weighted by molar-refractivity contribution is -0.141. The molecular weight excluding hydrogens is 256 g/mol. The highest BCUT2D eigenvalue weighted by molar-refractivity contribution is 5.89. The molecule has 7 N–H and O–H groups in total. The van der Waals surface area contributed by atoms with Gasteiger partial charge in [0, 0.05) is 6.42 Å². The summed E-state index contributed by atoms with van der Waals surface area (Å²) >= 11 is 0. The minimum Gasteiger partial charge on any atom is -0.480 e. The molecule has 0 aliphatic carbocycles. The standard InChI is InChI=1S/C10H18N4O5/c1-5(10(18)19)14-8(16)4-13-9(17)6(11)2-3-7(12)15/h5-6H,2-4,11H2,1H3,(H2,12,15)(H,13,17)(H,14,16)(H,18,19). The zero-order chi connectivity index (χ0) is 15.0. The third-order valence-electron chi connectivity index (χ3n) is 2.21. The first-order valence-electron chi connectivity index (χ1n) is 5.57. The molecule has 19 heavy (non-hydrogen) atoms. The van der Waals surface area contributed by atoms with Crippen molar-refractivity contribution < 1.29 is 24.3 Å². The van der Waals surface area contributed by atoms with E-state index in [4.69, 9.17) is 16.6 Å². The topological polar surface area (TPSA) is 165 Å². The molecule has 0 aliphatic rings. The van der Waals surface area contributed by atoms with E-state index < -0.39 is 35.8 Å². The number of nitrogens with two attached hydrogens (primary N) is 2. The molecule has 0 rings (SSSR count). The van der Waals surface area contributed by atoms with Crippen LogP contribution >= 0.6 is 0 Å². The van der Waals surface area contributed by atoms with Gasteiger partial charge in [-0.05, 0) is 13.3 Å². The van der Waals surface area contributed by atoms with Gasteiger partial charge in [-0.25, -0.2) is 0 Å². The lowest BCUT2D eigenvalue weighted by Crippen LogP contribution is -2.47. The predicted octanol–water partition coefficient (Wildman–Crippen LogP) is -2.72. The number of carbonyl (C=O) groups is 4. The number of hydrogen-bond donors (Lipinski definition) is 5. The second kappa shape index (κ2) is 8.03. The lowest BCUT2D eigenvalue weighted by Gasteiger charge is -2.12. The Kier molecular flexibility index (Phi) is 7.12. The molecule has 0 heterocycles. The Hall–Kier alpha value is -2.16. The van der Waals surface area contributed by atoms with Crippen LogP contribution in [0.5, 0.6) is 0 Å². The summed E-state index contributed by atoms with van der Waals surface area (Å²) in [6.45, 7) is 0.904. The van der Waals surface area contributed by atoms with E-state index in [0.29, 0.717) is 0 Å². The first-order valence-corrected chi connectivity index (χ1v) is 5.57. The van der Waals surface area contributed by atoms with Gasteiger partial charge in [-0.1, -0.05) is 0 Å². The van der Waals surface area contributed by atoms with Crippen molar-refractivity contribution >= 4 is 23.7 Å². The van der Waals surface area contributed by atoms with Gasteiger partial charge in [0.2, 0.25) is 17.7 Å². The molecule has 0 aromatic heterocycles. The number of amides is 3. The number of hydrogen-bond acceptors (Lipinski definition) is 5. The van der Waals surface area contributed by atoms with Crippen molar-refractivity contribution in [3.05, 3.63) is 0 Å². The molecule has 2 unspecified atom stereocenters. The maximum absolute atomic E-state index is 11.4. The van der Waals surface area contributed by atoms with Gasteiger partial charge in [0.25, 0.3) is 0 Å². The second-order valence-electron chi connectivity index (χ2n) is 3.96. The minimum absolute atomic E-state index is 0.0309. The van der Waals surface area contributed by atoms with Crippen molar-refractivity contribution in [2.45, 2.75) is 31.8 Å². The van der Waals surface area contributed by atoms with Gasteiger partial charge < -0.3 is 27.2 Å². The summed E-state index contributed by atoms with van der Waals surface area (Å²) in [5.41, 5.74) is 10.4. The summed E-state index contributed by atoms with van der Waals surface area (Å²) in [6.07, 6.45) is 0.0468. The first-order chi connectivity index (χ1) is 8.73. The minimum atomic E-state index is -1.18. The second-order valence-corrected chi connectivity index (χ2v) is 3.96. The summed E-state index contributed by atoms with van der Waals surface area (Å²) in [5, 5.41) is 12.9. The number of carboxylic acid groups (broad SMARTS) is 1. The van der Waals surface area contributed by atoms with Gasteiger partial charge in [-0.3, -0.25) is 19.2 Å². The van der Waals surface area contributed by atoms with Crippen LogP contribution in [0.25, 0.3) is 0 Å². The average molecular weight is 274 g/mol. The molecule has 2 atom stereocenters. The summed E-state index contributed by atoms with van der Waals surface area (Å²) < 4.78 is 0. The summed E-state index contributed by atoms with van der Waals surface area (Å²) in [6, 6.07) is -2.00. The molecular formula is C10H18N4O5.